The molecule has 0 fully saturated rings. The molecule has 0 radical (unpaired) electrons. The Balaban J connectivity index is 1.59. The third kappa shape index (κ3) is 4.07. The zero-order valence-electron chi connectivity index (χ0n) is 12.1. The number of nitrogens with zero attached hydrogens (tertiary/aromatic N) is 2. The van der Waals surface area contributed by atoms with E-state index in [0.29, 0.717) is 18.0 Å². The van der Waals surface area contributed by atoms with Crippen LogP contribution >= 0.6 is 15.9 Å². The van der Waals surface area contributed by atoms with Crippen molar-refractivity contribution in [2.75, 3.05) is 11.9 Å². The molecule has 1 amide bonds. The molecule has 0 spiro atoms. The molecule has 1 aromatic carbocycles. The number of amides is 1. The molecule has 0 saturated heterocycles. The Morgan fingerprint density at radius 1 is 1.43 bits per heavy atom. The zero-order valence-corrected chi connectivity index (χ0v) is 13.7. The van der Waals surface area contributed by atoms with Crippen LogP contribution in [0.1, 0.15) is 12.2 Å². The largest absolute Gasteiger partial charge is 0.857 e. The van der Waals surface area contributed by atoms with E-state index < -0.39 is 5.92 Å². The average Bonchev–Trinajstić information content (AvgIpc) is 3.12. The fourth-order valence-corrected chi connectivity index (χ4v) is 2.53. The zero-order chi connectivity index (χ0) is 16.2. The number of furan rings is 1. The van der Waals surface area contributed by atoms with Crippen molar-refractivity contribution < 1.29 is 19.0 Å². The van der Waals surface area contributed by atoms with Gasteiger partial charge in [-0.25, -0.2) is 0 Å². The van der Waals surface area contributed by atoms with Gasteiger partial charge in [-0.05, 0) is 41.5 Å². The number of benzene rings is 1. The van der Waals surface area contributed by atoms with Crippen LogP contribution in [-0.2, 0) is 4.79 Å². The lowest BCUT2D eigenvalue weighted by molar-refractivity contribution is -0.523. The fraction of sp³-hybridized carbons (Fsp3) is 0.188. The van der Waals surface area contributed by atoms with Crippen LogP contribution in [0.25, 0.3) is 0 Å². The molecule has 0 aliphatic carbocycles. The summed E-state index contributed by atoms with van der Waals surface area (Å²) in [7, 11) is 0. The summed E-state index contributed by atoms with van der Waals surface area (Å²) in [5.74, 6) is -0.336. The molecule has 6 nitrogen and oxygen atoms in total. The second kappa shape index (κ2) is 6.78. The normalized spacial score (nSPS) is 18.9. The number of rotatable bonds is 4. The van der Waals surface area contributed by atoms with Gasteiger partial charge in [0.15, 0.2) is 12.3 Å². The number of carbonyl (C=O) groups is 1. The highest BCUT2D eigenvalue weighted by atomic mass is 79.9. The van der Waals surface area contributed by atoms with E-state index in [1.54, 1.807) is 36.7 Å². The van der Waals surface area contributed by atoms with Crippen LogP contribution < -0.4 is 10.4 Å². The molecule has 7 heteroatoms. The lowest BCUT2D eigenvalue weighted by atomic mass is 10.1. The van der Waals surface area contributed by atoms with Crippen LogP contribution in [0, 0.1) is 5.92 Å². The summed E-state index contributed by atoms with van der Waals surface area (Å²) < 4.78 is 7.63. The van der Waals surface area contributed by atoms with E-state index in [4.69, 9.17) is 4.42 Å². The number of halogens is 1. The molecular weight excluding hydrogens is 362 g/mol. The van der Waals surface area contributed by atoms with Crippen molar-refractivity contribution in [1.29, 1.82) is 0 Å². The Labute approximate surface area is 141 Å². The first kappa shape index (κ1) is 15.5. The topological polar surface area (TPSA) is 80.7 Å². The van der Waals surface area contributed by atoms with E-state index in [1.165, 1.54) is 4.68 Å². The maximum absolute atomic E-state index is 12.1. The predicted molar refractivity (Wildman–Crippen MR) is 87.3 cm³/mol. The predicted octanol–water partition coefficient (Wildman–Crippen LogP) is 1.81. The van der Waals surface area contributed by atoms with Crippen molar-refractivity contribution in [1.82, 2.24) is 0 Å². The summed E-state index contributed by atoms with van der Waals surface area (Å²) in [6.45, 7) is 0.368. The molecule has 1 atom stereocenters. The minimum absolute atomic E-state index is 0.0981. The molecule has 3 rings (SSSR count). The van der Waals surface area contributed by atoms with Crippen LogP contribution in [0.4, 0.5) is 5.69 Å². The maximum Gasteiger partial charge on any atom is 0.238 e. The smallest absolute Gasteiger partial charge is 0.238 e. The molecule has 1 aliphatic rings. The highest BCUT2D eigenvalue weighted by Gasteiger charge is 2.27. The van der Waals surface area contributed by atoms with Crippen molar-refractivity contribution in [3.05, 3.63) is 52.9 Å². The van der Waals surface area contributed by atoms with Crippen LogP contribution in [0.5, 0.6) is 0 Å². The first-order chi connectivity index (χ1) is 11.1. The molecule has 1 aliphatic heterocycles. The number of anilines is 1. The Bertz CT molecular complexity index is 751. The average molecular weight is 376 g/mol. The van der Waals surface area contributed by atoms with E-state index in [2.05, 4.69) is 26.3 Å². The summed E-state index contributed by atoms with van der Waals surface area (Å²) in [4.78, 5) is 12.1. The third-order valence-electron chi connectivity index (χ3n) is 3.36. The summed E-state index contributed by atoms with van der Waals surface area (Å²) >= 11 is 3.33. The molecule has 0 bridgehead atoms. The molecule has 118 valence electrons. The molecule has 1 aromatic heterocycles. The van der Waals surface area contributed by atoms with E-state index >= 15 is 0 Å². The van der Waals surface area contributed by atoms with Crippen LogP contribution in [0.15, 0.2) is 56.7 Å². The van der Waals surface area contributed by atoms with Gasteiger partial charge < -0.3 is 14.8 Å². The van der Waals surface area contributed by atoms with Crippen molar-refractivity contribution in [3.63, 3.8) is 0 Å². The summed E-state index contributed by atoms with van der Waals surface area (Å²) in [6, 6.07) is 10.8. The van der Waals surface area contributed by atoms with E-state index in [9.17, 15) is 9.90 Å². The lowest BCUT2D eigenvalue weighted by Gasteiger charge is -2.11. The monoisotopic (exact) mass is 375 g/mol. The standard InChI is InChI=1S/C16H14BrN3O3/c17-12-3-5-13(6-4-12)18-15(21)8-11-9-20(19-16(11)22)10-14-2-1-7-23-14/h1-7,10-11H,8-9H2,(H-,18,19,21,22)/b20-10-. The van der Waals surface area contributed by atoms with Crippen molar-refractivity contribution in [2.45, 2.75) is 6.42 Å². The molecule has 1 unspecified atom stereocenters. The van der Waals surface area contributed by atoms with Crippen LogP contribution in [0.3, 0.4) is 0 Å². The minimum Gasteiger partial charge on any atom is -0.857 e. The summed E-state index contributed by atoms with van der Waals surface area (Å²) in [5, 5.41) is 18.6. The lowest BCUT2D eigenvalue weighted by Crippen LogP contribution is -2.30. The van der Waals surface area contributed by atoms with Crippen LogP contribution in [-0.4, -0.2) is 29.2 Å². The number of hydrogen-bond acceptors (Lipinski definition) is 4. The second-order valence-corrected chi connectivity index (χ2v) is 6.08. The van der Waals surface area contributed by atoms with Gasteiger partial charge in [0.25, 0.3) is 0 Å². The quantitative estimate of drug-likeness (QED) is 0.827. The highest BCUT2D eigenvalue weighted by molar-refractivity contribution is 9.10. The van der Waals surface area contributed by atoms with Gasteiger partial charge in [-0.1, -0.05) is 20.6 Å². The Kier molecular flexibility index (Phi) is 4.57. The number of carbonyl (C=O) groups excluding carboxylic acids is 1. The van der Waals surface area contributed by atoms with Gasteiger partial charge in [0, 0.05) is 22.5 Å². The molecule has 2 aromatic rings. The first-order valence-electron chi connectivity index (χ1n) is 7.06. The highest BCUT2D eigenvalue weighted by Crippen LogP contribution is 2.16. The van der Waals surface area contributed by atoms with Gasteiger partial charge in [-0.2, -0.15) is 0 Å². The number of hydrogen-bond donors (Lipinski definition) is 1. The Hall–Kier alpha value is -2.41. The second-order valence-electron chi connectivity index (χ2n) is 5.16. The molecule has 23 heavy (non-hydrogen) atoms. The van der Waals surface area contributed by atoms with E-state index in [1.807, 2.05) is 12.1 Å². The molecule has 0 saturated carbocycles. The molecule has 2 heterocycles. The fourth-order valence-electron chi connectivity index (χ4n) is 2.27. The molecule has 1 N–H and O–H groups in total. The number of hydrazone groups is 1. The van der Waals surface area contributed by atoms with Crippen LogP contribution in [0.2, 0.25) is 0 Å². The third-order valence-corrected chi connectivity index (χ3v) is 3.89. The molecular formula is C16H14BrN3O3. The summed E-state index contributed by atoms with van der Waals surface area (Å²) in [5.41, 5.74) is 0.694. The SMILES string of the molecule is O=C(CC1C/[N+](=C/c2ccco2)N=C1[O-])Nc1ccc(Br)cc1. The summed E-state index contributed by atoms with van der Waals surface area (Å²) in [6.07, 6.45) is 3.29. The minimum atomic E-state index is -0.448. The number of nitrogens with one attached hydrogen (secondary N) is 1. The van der Waals surface area contributed by atoms with Gasteiger partial charge in [-0.15, -0.1) is 0 Å². The Morgan fingerprint density at radius 3 is 2.91 bits per heavy atom. The van der Waals surface area contributed by atoms with Crippen molar-refractivity contribution in [2.24, 2.45) is 11.0 Å². The van der Waals surface area contributed by atoms with Gasteiger partial charge in [0.2, 0.25) is 12.1 Å². The van der Waals surface area contributed by atoms with Gasteiger partial charge in [-0.3, -0.25) is 4.79 Å². The first-order valence-corrected chi connectivity index (χ1v) is 7.85. The van der Waals surface area contributed by atoms with Gasteiger partial charge in [0.05, 0.1) is 12.2 Å². The van der Waals surface area contributed by atoms with Crippen molar-refractivity contribution in [3.8, 4) is 0 Å². The Morgan fingerprint density at radius 2 is 2.22 bits per heavy atom. The van der Waals surface area contributed by atoms with E-state index in [0.717, 1.165) is 4.47 Å². The van der Waals surface area contributed by atoms with Gasteiger partial charge >= 0.3 is 0 Å². The van der Waals surface area contributed by atoms with Crippen molar-refractivity contribution >= 4 is 39.6 Å². The van der Waals surface area contributed by atoms with E-state index in [-0.39, 0.29) is 18.2 Å². The van der Waals surface area contributed by atoms with Gasteiger partial charge in [0.1, 0.15) is 0 Å². The maximum atomic E-state index is 12.1.